The summed E-state index contributed by atoms with van der Waals surface area (Å²) in [6.07, 6.45) is 0. The van der Waals surface area contributed by atoms with E-state index in [1.165, 1.54) is 0 Å². The molecule has 0 saturated carbocycles. The summed E-state index contributed by atoms with van der Waals surface area (Å²) in [4.78, 5) is 13.4. The van der Waals surface area contributed by atoms with Crippen LogP contribution >= 0.6 is 15.9 Å². The number of benzene rings is 4. The van der Waals surface area contributed by atoms with Crippen LogP contribution in [0.1, 0.15) is 38.2 Å². The van der Waals surface area contributed by atoms with Crippen LogP contribution in [0.3, 0.4) is 0 Å². The third-order valence-electron chi connectivity index (χ3n) is 5.62. The summed E-state index contributed by atoms with van der Waals surface area (Å²) in [5.74, 6) is 0.0781. The van der Waals surface area contributed by atoms with Crippen molar-refractivity contribution in [3.8, 4) is 0 Å². The summed E-state index contributed by atoms with van der Waals surface area (Å²) < 4.78 is 0.911. The molecule has 0 aromatic heterocycles. The van der Waals surface area contributed by atoms with Crippen molar-refractivity contribution in [2.75, 3.05) is 0 Å². The Labute approximate surface area is 172 Å². The van der Waals surface area contributed by atoms with Crippen LogP contribution in [0.2, 0.25) is 0 Å². The average Bonchev–Trinajstić information content (AvgIpc) is 2.76. The van der Waals surface area contributed by atoms with E-state index in [0.29, 0.717) is 0 Å². The van der Waals surface area contributed by atoms with Gasteiger partial charge in [0, 0.05) is 15.6 Å². The van der Waals surface area contributed by atoms with Gasteiger partial charge >= 0.3 is 0 Å². The number of halogens is 1. The maximum absolute atomic E-state index is 13.4. The van der Waals surface area contributed by atoms with Gasteiger partial charge in [0.15, 0.2) is 5.78 Å². The van der Waals surface area contributed by atoms with E-state index in [0.717, 1.165) is 37.9 Å². The first-order valence-corrected chi connectivity index (χ1v) is 10.1. The molecule has 4 aromatic carbocycles. The fraction of sp³-hybridized carbons (Fsp3) is 0.0385. The molecule has 0 unspecified atom stereocenters. The van der Waals surface area contributed by atoms with Crippen molar-refractivity contribution in [3.63, 3.8) is 0 Å². The molecule has 0 N–H and O–H groups in total. The van der Waals surface area contributed by atoms with Crippen molar-refractivity contribution >= 4 is 21.7 Å². The smallest absolute Gasteiger partial charge is 0.193 e. The molecule has 0 aliphatic heterocycles. The molecule has 5 rings (SSSR count). The van der Waals surface area contributed by atoms with Crippen LogP contribution in [0, 0.1) is 0 Å². The maximum Gasteiger partial charge on any atom is 0.193 e. The normalized spacial score (nSPS) is 14.2. The molecule has 4 aromatic rings. The van der Waals surface area contributed by atoms with Crippen LogP contribution in [0.4, 0.5) is 0 Å². The van der Waals surface area contributed by atoms with Crippen molar-refractivity contribution < 1.29 is 4.79 Å². The van der Waals surface area contributed by atoms with Gasteiger partial charge in [-0.05, 0) is 34.4 Å². The second kappa shape index (κ2) is 6.57. The van der Waals surface area contributed by atoms with E-state index in [-0.39, 0.29) is 5.78 Å². The number of rotatable bonds is 2. The highest BCUT2D eigenvalue weighted by Crippen LogP contribution is 2.50. The first-order valence-electron chi connectivity index (χ1n) is 9.28. The van der Waals surface area contributed by atoms with Crippen LogP contribution in [-0.2, 0) is 5.41 Å². The third-order valence-corrected chi connectivity index (χ3v) is 6.11. The van der Waals surface area contributed by atoms with Gasteiger partial charge < -0.3 is 0 Å². The number of carbonyl (C=O) groups excluding carboxylic acids is 1. The van der Waals surface area contributed by atoms with Gasteiger partial charge in [0.2, 0.25) is 0 Å². The average molecular weight is 425 g/mol. The summed E-state index contributed by atoms with van der Waals surface area (Å²) in [5, 5.41) is 0. The van der Waals surface area contributed by atoms with Crippen LogP contribution in [0.5, 0.6) is 0 Å². The molecular formula is C26H17BrO. The Hall–Kier alpha value is -2.97. The summed E-state index contributed by atoms with van der Waals surface area (Å²) in [6.45, 7) is 0. The fourth-order valence-corrected chi connectivity index (χ4v) is 4.86. The van der Waals surface area contributed by atoms with Gasteiger partial charge in [-0.3, -0.25) is 4.79 Å². The van der Waals surface area contributed by atoms with Crippen molar-refractivity contribution in [3.05, 3.63) is 141 Å². The van der Waals surface area contributed by atoms with E-state index in [1.807, 2.05) is 42.5 Å². The Morgan fingerprint density at radius 3 is 1.75 bits per heavy atom. The minimum absolute atomic E-state index is 0.0781. The summed E-state index contributed by atoms with van der Waals surface area (Å²) >= 11 is 3.56. The first-order chi connectivity index (χ1) is 13.7. The fourth-order valence-electron chi connectivity index (χ4n) is 4.49. The number of hydrogen-bond donors (Lipinski definition) is 0. The van der Waals surface area contributed by atoms with Crippen LogP contribution in [-0.4, -0.2) is 5.78 Å². The van der Waals surface area contributed by atoms with Crippen molar-refractivity contribution in [1.29, 1.82) is 0 Å². The Balaban J connectivity index is 2.01. The number of carbonyl (C=O) groups is 1. The van der Waals surface area contributed by atoms with Gasteiger partial charge in [0.25, 0.3) is 0 Å². The van der Waals surface area contributed by atoms with E-state index < -0.39 is 5.41 Å². The van der Waals surface area contributed by atoms with Crippen molar-refractivity contribution in [2.24, 2.45) is 0 Å². The topological polar surface area (TPSA) is 17.1 Å². The van der Waals surface area contributed by atoms with Gasteiger partial charge in [0.1, 0.15) is 0 Å². The Kier molecular flexibility index (Phi) is 4.03. The zero-order chi connectivity index (χ0) is 19.1. The third kappa shape index (κ3) is 2.35. The minimum atomic E-state index is -0.539. The largest absolute Gasteiger partial charge is 0.289 e. The van der Waals surface area contributed by atoms with Gasteiger partial charge in [-0.15, -0.1) is 0 Å². The molecule has 1 aliphatic rings. The monoisotopic (exact) mass is 424 g/mol. The number of fused-ring (bicyclic) bond motifs is 2. The Bertz CT molecular complexity index is 1140. The molecule has 134 valence electrons. The molecule has 1 nitrogen and oxygen atoms in total. The summed E-state index contributed by atoms with van der Waals surface area (Å²) in [7, 11) is 0. The molecule has 0 heterocycles. The van der Waals surface area contributed by atoms with E-state index in [2.05, 4.69) is 76.6 Å². The highest BCUT2D eigenvalue weighted by molar-refractivity contribution is 9.10. The number of hydrogen-bond acceptors (Lipinski definition) is 1. The molecule has 0 bridgehead atoms. The predicted octanol–water partition coefficient (Wildman–Crippen LogP) is 6.38. The predicted molar refractivity (Wildman–Crippen MR) is 116 cm³/mol. The van der Waals surface area contributed by atoms with Crippen LogP contribution in [0.15, 0.2) is 108 Å². The zero-order valence-corrected chi connectivity index (χ0v) is 16.7. The molecule has 2 heteroatoms. The molecule has 28 heavy (non-hydrogen) atoms. The van der Waals surface area contributed by atoms with Crippen molar-refractivity contribution in [1.82, 2.24) is 0 Å². The van der Waals surface area contributed by atoms with E-state index in [9.17, 15) is 4.79 Å². The standard InChI is InChI=1S/C26H17BrO/c27-20-15-16-24-22(17-20)25(28)21-13-7-8-14-23(21)26(24,18-9-3-1-4-10-18)19-11-5-2-6-12-19/h1-17H. The van der Waals surface area contributed by atoms with Gasteiger partial charge in [-0.1, -0.05) is 107 Å². The van der Waals surface area contributed by atoms with Gasteiger partial charge in [0.05, 0.1) is 5.41 Å². The lowest BCUT2D eigenvalue weighted by Crippen LogP contribution is -2.38. The molecule has 0 saturated heterocycles. The second-order valence-corrected chi connectivity index (χ2v) is 7.96. The summed E-state index contributed by atoms with van der Waals surface area (Å²) in [5.41, 5.74) is 5.35. The highest BCUT2D eigenvalue weighted by atomic mass is 79.9. The molecule has 0 fully saturated rings. The van der Waals surface area contributed by atoms with E-state index in [4.69, 9.17) is 0 Å². The molecule has 0 amide bonds. The second-order valence-electron chi connectivity index (χ2n) is 7.05. The zero-order valence-electron chi connectivity index (χ0n) is 15.1. The highest BCUT2D eigenvalue weighted by Gasteiger charge is 2.46. The van der Waals surface area contributed by atoms with E-state index in [1.54, 1.807) is 0 Å². The SMILES string of the molecule is O=C1c2ccccc2C(c2ccccc2)(c2ccccc2)c2ccc(Br)cc21. The lowest BCUT2D eigenvalue weighted by molar-refractivity contribution is 0.103. The lowest BCUT2D eigenvalue weighted by Gasteiger charge is -2.41. The molecule has 0 atom stereocenters. The van der Waals surface area contributed by atoms with E-state index >= 15 is 0 Å². The Morgan fingerprint density at radius 1 is 0.571 bits per heavy atom. The molecule has 1 aliphatic carbocycles. The van der Waals surface area contributed by atoms with Gasteiger partial charge in [-0.2, -0.15) is 0 Å². The molecule has 0 radical (unpaired) electrons. The molecular weight excluding hydrogens is 408 g/mol. The van der Waals surface area contributed by atoms with Crippen LogP contribution < -0.4 is 0 Å². The molecule has 0 spiro atoms. The number of ketones is 1. The quantitative estimate of drug-likeness (QED) is 0.321. The summed E-state index contributed by atoms with van der Waals surface area (Å²) in [6, 6.07) is 35.0. The van der Waals surface area contributed by atoms with Crippen LogP contribution in [0.25, 0.3) is 0 Å². The van der Waals surface area contributed by atoms with Gasteiger partial charge in [-0.25, -0.2) is 0 Å². The maximum atomic E-state index is 13.4. The first kappa shape index (κ1) is 17.2. The Morgan fingerprint density at radius 2 is 1.11 bits per heavy atom. The minimum Gasteiger partial charge on any atom is -0.289 e. The lowest BCUT2D eigenvalue weighted by atomic mass is 9.59. The van der Waals surface area contributed by atoms with Crippen molar-refractivity contribution in [2.45, 2.75) is 5.41 Å².